The molecule has 6 aromatic carbocycles. The number of benzene rings is 6. The van der Waals surface area contributed by atoms with Gasteiger partial charge in [-0.1, -0.05) is 133 Å². The third-order valence-electron chi connectivity index (χ3n) is 8.70. The van der Waals surface area contributed by atoms with Crippen molar-refractivity contribution in [1.29, 1.82) is 0 Å². The van der Waals surface area contributed by atoms with Crippen LogP contribution in [0.5, 0.6) is 0 Å². The van der Waals surface area contributed by atoms with E-state index in [0.717, 1.165) is 72.0 Å². The number of furan rings is 1. The maximum absolute atomic E-state index is 6.66. The first-order chi connectivity index (χ1) is 24.2. The Balaban J connectivity index is 1.30. The van der Waals surface area contributed by atoms with E-state index in [1.807, 2.05) is 97.9 Å². The van der Waals surface area contributed by atoms with Crippen molar-refractivity contribution in [2.24, 2.45) is 5.73 Å². The Hall–Kier alpha value is -6.59. The molecule has 0 aliphatic rings. The predicted octanol–water partition coefficient (Wildman–Crippen LogP) is 10.8. The van der Waals surface area contributed by atoms with Crippen molar-refractivity contribution in [2.75, 3.05) is 0 Å². The third kappa shape index (κ3) is 5.79. The van der Waals surface area contributed by atoms with Gasteiger partial charge in [-0.15, -0.1) is 0 Å². The van der Waals surface area contributed by atoms with E-state index in [9.17, 15) is 0 Å². The molecule has 0 spiro atoms. The molecule has 5 nitrogen and oxygen atoms in total. The van der Waals surface area contributed by atoms with Gasteiger partial charge in [-0.05, 0) is 64.6 Å². The van der Waals surface area contributed by atoms with Gasteiger partial charge in [0.05, 0.1) is 0 Å². The summed E-state index contributed by atoms with van der Waals surface area (Å²) in [5.74, 6) is 1.80. The zero-order chi connectivity index (χ0) is 33.2. The molecule has 0 fully saturated rings. The molecule has 2 N–H and O–H groups in total. The molecule has 49 heavy (non-hydrogen) atoms. The van der Waals surface area contributed by atoms with Crippen LogP contribution in [0.15, 0.2) is 168 Å². The minimum absolute atomic E-state index is 0.578. The van der Waals surface area contributed by atoms with Gasteiger partial charge in [0.2, 0.25) is 0 Å². The predicted molar refractivity (Wildman–Crippen MR) is 201 cm³/mol. The average Bonchev–Trinajstić information content (AvgIpc) is 3.57. The standard InChI is InChI=1S/C44H32N4O/c1-29(42-46-43(32-19-10-4-11-20-32)48-44(47-42)33-21-12-5-13-22-33)25-35(28-45)36-23-14-24-39-40(36)38-27-34(30-15-6-2-7-16-30)26-37(41(38)49-39)31-17-8-3-9-18-31/h2-28H,45H2,1H3/b29-25+,35-28+. The summed E-state index contributed by atoms with van der Waals surface area (Å²) in [6.07, 6.45) is 3.69. The molecule has 0 atom stereocenters. The fraction of sp³-hybridized carbons (Fsp3) is 0.0227. The largest absolute Gasteiger partial charge is 0.455 e. The number of fused-ring (bicyclic) bond motifs is 3. The molecule has 0 aliphatic heterocycles. The molecular formula is C44H32N4O. The fourth-order valence-corrected chi connectivity index (χ4v) is 6.30. The van der Waals surface area contributed by atoms with E-state index in [-0.39, 0.29) is 0 Å². The fourth-order valence-electron chi connectivity index (χ4n) is 6.30. The molecule has 0 amide bonds. The molecule has 8 rings (SSSR count). The van der Waals surface area contributed by atoms with Crippen LogP contribution in [0.3, 0.4) is 0 Å². The summed E-state index contributed by atoms with van der Waals surface area (Å²) in [7, 11) is 0. The second kappa shape index (κ2) is 12.9. The lowest BCUT2D eigenvalue weighted by molar-refractivity contribution is 0.670. The van der Waals surface area contributed by atoms with Crippen molar-refractivity contribution >= 4 is 33.1 Å². The zero-order valence-electron chi connectivity index (χ0n) is 26.9. The van der Waals surface area contributed by atoms with Crippen LogP contribution in [0, 0.1) is 0 Å². The Morgan fingerprint density at radius 3 is 1.69 bits per heavy atom. The number of allylic oxidation sites excluding steroid dienone is 3. The minimum atomic E-state index is 0.578. The lowest BCUT2D eigenvalue weighted by Crippen LogP contribution is -2.02. The van der Waals surface area contributed by atoms with Crippen molar-refractivity contribution in [3.05, 3.63) is 175 Å². The van der Waals surface area contributed by atoms with Gasteiger partial charge in [0.1, 0.15) is 11.2 Å². The number of aromatic nitrogens is 3. The molecular weight excluding hydrogens is 601 g/mol. The summed E-state index contributed by atoms with van der Waals surface area (Å²) in [6.45, 7) is 2.01. The van der Waals surface area contributed by atoms with Crippen LogP contribution in [0.4, 0.5) is 0 Å². The van der Waals surface area contributed by atoms with Crippen molar-refractivity contribution in [1.82, 2.24) is 15.0 Å². The van der Waals surface area contributed by atoms with E-state index in [1.165, 1.54) is 0 Å². The maximum Gasteiger partial charge on any atom is 0.164 e. The molecule has 0 unspecified atom stereocenters. The van der Waals surface area contributed by atoms with Crippen LogP contribution >= 0.6 is 0 Å². The number of hydrogen-bond acceptors (Lipinski definition) is 5. The monoisotopic (exact) mass is 632 g/mol. The zero-order valence-corrected chi connectivity index (χ0v) is 26.9. The van der Waals surface area contributed by atoms with Crippen LogP contribution in [0.2, 0.25) is 0 Å². The van der Waals surface area contributed by atoms with Crippen molar-refractivity contribution in [3.8, 4) is 45.0 Å². The summed E-state index contributed by atoms with van der Waals surface area (Å²) in [5, 5.41) is 2.02. The van der Waals surface area contributed by atoms with Crippen LogP contribution in [0.1, 0.15) is 18.3 Å². The molecule has 0 aliphatic carbocycles. The molecule has 0 saturated carbocycles. The summed E-state index contributed by atoms with van der Waals surface area (Å²) in [6, 6.07) is 51.4. The summed E-state index contributed by atoms with van der Waals surface area (Å²) >= 11 is 0. The SMILES string of the molecule is C/C(=C\C(=C/N)c1cccc2oc3c(-c4ccccc4)cc(-c4ccccc4)cc3c12)c1nc(-c2ccccc2)nc(-c2ccccc2)n1. The van der Waals surface area contributed by atoms with E-state index >= 15 is 0 Å². The highest BCUT2D eigenvalue weighted by Crippen LogP contribution is 2.42. The average molecular weight is 633 g/mol. The second-order valence-electron chi connectivity index (χ2n) is 11.9. The summed E-state index contributed by atoms with van der Waals surface area (Å²) < 4.78 is 6.66. The number of rotatable bonds is 7. The highest BCUT2D eigenvalue weighted by molar-refractivity contribution is 6.15. The van der Waals surface area contributed by atoms with Gasteiger partial charge < -0.3 is 10.2 Å². The topological polar surface area (TPSA) is 77.8 Å². The van der Waals surface area contributed by atoms with Crippen molar-refractivity contribution < 1.29 is 4.42 Å². The van der Waals surface area contributed by atoms with Crippen molar-refractivity contribution in [3.63, 3.8) is 0 Å². The normalized spacial score (nSPS) is 12.1. The van der Waals surface area contributed by atoms with Crippen LogP contribution in [0.25, 0.3) is 78.1 Å². The van der Waals surface area contributed by atoms with Gasteiger partial charge in [0.25, 0.3) is 0 Å². The van der Waals surface area contributed by atoms with E-state index in [1.54, 1.807) is 6.20 Å². The molecule has 0 radical (unpaired) electrons. The lowest BCUT2D eigenvalue weighted by atomic mass is 9.93. The van der Waals surface area contributed by atoms with Gasteiger partial charge >= 0.3 is 0 Å². The Morgan fingerprint density at radius 1 is 0.571 bits per heavy atom. The molecule has 0 saturated heterocycles. The van der Waals surface area contributed by atoms with Gasteiger partial charge in [0, 0.05) is 33.7 Å². The number of nitrogens with zero attached hydrogens (tertiary/aromatic N) is 3. The Kier molecular flexibility index (Phi) is 7.84. The highest BCUT2D eigenvalue weighted by Gasteiger charge is 2.19. The quantitative estimate of drug-likeness (QED) is 0.177. The van der Waals surface area contributed by atoms with Crippen LogP contribution in [-0.2, 0) is 0 Å². The van der Waals surface area contributed by atoms with E-state index < -0.39 is 0 Å². The lowest BCUT2D eigenvalue weighted by Gasteiger charge is -2.10. The van der Waals surface area contributed by atoms with Gasteiger partial charge in [-0.3, -0.25) is 0 Å². The van der Waals surface area contributed by atoms with Crippen molar-refractivity contribution in [2.45, 2.75) is 6.92 Å². The van der Waals surface area contributed by atoms with Crippen LogP contribution < -0.4 is 5.73 Å². The second-order valence-corrected chi connectivity index (χ2v) is 11.9. The first-order valence-electron chi connectivity index (χ1n) is 16.2. The van der Waals surface area contributed by atoms with E-state index in [0.29, 0.717) is 17.5 Å². The third-order valence-corrected chi connectivity index (χ3v) is 8.70. The molecule has 234 valence electrons. The smallest absolute Gasteiger partial charge is 0.164 e. The first kappa shape index (κ1) is 29.8. The first-order valence-corrected chi connectivity index (χ1v) is 16.2. The molecule has 8 aromatic rings. The highest BCUT2D eigenvalue weighted by atomic mass is 16.3. The number of nitrogens with two attached hydrogens (primary N) is 1. The Labute approximate surface area is 284 Å². The molecule has 2 heterocycles. The maximum atomic E-state index is 6.66. The van der Waals surface area contributed by atoms with Gasteiger partial charge in [0.15, 0.2) is 17.5 Å². The molecule has 5 heteroatoms. The summed E-state index contributed by atoms with van der Waals surface area (Å²) in [4.78, 5) is 14.7. The van der Waals surface area contributed by atoms with Gasteiger partial charge in [-0.25, -0.2) is 15.0 Å². The molecule has 0 bridgehead atoms. The van der Waals surface area contributed by atoms with Crippen LogP contribution in [-0.4, -0.2) is 15.0 Å². The molecule has 2 aromatic heterocycles. The minimum Gasteiger partial charge on any atom is -0.455 e. The summed E-state index contributed by atoms with van der Waals surface area (Å²) in [5.41, 5.74) is 16.9. The van der Waals surface area contributed by atoms with E-state index in [4.69, 9.17) is 25.1 Å². The Morgan fingerprint density at radius 2 is 1.12 bits per heavy atom. The Bertz CT molecular complexity index is 2430. The van der Waals surface area contributed by atoms with E-state index in [2.05, 4.69) is 66.7 Å². The number of hydrogen-bond donors (Lipinski definition) is 1. The van der Waals surface area contributed by atoms with Gasteiger partial charge in [-0.2, -0.15) is 0 Å².